The number of anilines is 1. The third kappa shape index (κ3) is 7.57. The minimum atomic E-state index is -4.53. The Morgan fingerprint density at radius 2 is 1.69 bits per heavy atom. The molecule has 2 aliphatic rings. The summed E-state index contributed by atoms with van der Waals surface area (Å²) in [5.41, 5.74) is -0.00231. The molecule has 7 nitrogen and oxygen atoms in total. The molecular formula is C30H29ClF3N3O4S. The van der Waals surface area contributed by atoms with Crippen molar-refractivity contribution in [3.63, 3.8) is 0 Å². The van der Waals surface area contributed by atoms with Crippen LogP contribution >= 0.6 is 23.4 Å². The van der Waals surface area contributed by atoms with E-state index in [1.807, 2.05) is 0 Å². The number of carbonyl (C=O) groups is 2. The molecule has 2 saturated heterocycles. The molecule has 0 aromatic heterocycles. The van der Waals surface area contributed by atoms with E-state index in [0.717, 1.165) is 25.2 Å². The molecule has 3 aromatic rings. The van der Waals surface area contributed by atoms with Gasteiger partial charge in [-0.05, 0) is 66.2 Å². The highest BCUT2D eigenvalue weighted by Crippen LogP contribution is 2.47. The first kappa shape index (κ1) is 30.2. The van der Waals surface area contributed by atoms with Crippen LogP contribution in [0.3, 0.4) is 0 Å². The van der Waals surface area contributed by atoms with E-state index in [1.54, 1.807) is 54.6 Å². The monoisotopic (exact) mass is 619 g/mol. The van der Waals surface area contributed by atoms with Gasteiger partial charge < -0.3 is 14.8 Å². The Kier molecular flexibility index (Phi) is 9.62. The summed E-state index contributed by atoms with van der Waals surface area (Å²) in [5.74, 6) is 0.441. The van der Waals surface area contributed by atoms with Gasteiger partial charge in [0.2, 0.25) is 11.8 Å². The molecule has 0 saturated carbocycles. The number of carbonyl (C=O) groups excluding carboxylic acids is 2. The highest BCUT2D eigenvalue weighted by molar-refractivity contribution is 8.01. The third-order valence-corrected chi connectivity index (χ3v) is 8.62. The van der Waals surface area contributed by atoms with Gasteiger partial charge in [-0.3, -0.25) is 19.4 Å². The molecule has 222 valence electrons. The van der Waals surface area contributed by atoms with E-state index in [0.29, 0.717) is 54.1 Å². The van der Waals surface area contributed by atoms with Gasteiger partial charge in [0.05, 0.1) is 24.0 Å². The smallest absolute Gasteiger partial charge is 0.416 e. The molecule has 12 heteroatoms. The van der Waals surface area contributed by atoms with Crippen LogP contribution in [0.4, 0.5) is 18.9 Å². The van der Waals surface area contributed by atoms with Crippen molar-refractivity contribution in [3.8, 4) is 11.5 Å². The summed E-state index contributed by atoms with van der Waals surface area (Å²) in [6.45, 7) is 4.00. The number of thioether (sulfide) groups is 1. The van der Waals surface area contributed by atoms with Crippen molar-refractivity contribution in [3.05, 3.63) is 88.9 Å². The van der Waals surface area contributed by atoms with Crippen molar-refractivity contribution in [1.82, 2.24) is 10.2 Å². The number of benzene rings is 3. The molecule has 5 rings (SSSR count). The number of nitrogens with zero attached hydrogens (tertiary/aromatic N) is 2. The molecule has 1 N–H and O–H groups in total. The SMILES string of the molecule is O=C(CC1SC(c2cccc(C(F)(F)F)c2)N(c2ccc(Oc3ccc(Cl)cc3)cc2)C1=O)NCCN1CCOCC1. The number of amides is 2. The van der Waals surface area contributed by atoms with E-state index in [9.17, 15) is 22.8 Å². The number of hydrogen-bond acceptors (Lipinski definition) is 6. The number of hydrogen-bond donors (Lipinski definition) is 1. The first-order valence-electron chi connectivity index (χ1n) is 13.4. The van der Waals surface area contributed by atoms with Crippen LogP contribution in [0.2, 0.25) is 5.02 Å². The Balaban J connectivity index is 1.32. The molecule has 2 atom stereocenters. The zero-order chi connectivity index (χ0) is 29.7. The maximum absolute atomic E-state index is 13.7. The summed E-state index contributed by atoms with van der Waals surface area (Å²) in [5, 5.41) is 1.92. The quantitative estimate of drug-likeness (QED) is 0.310. The molecule has 0 bridgehead atoms. The average molecular weight is 620 g/mol. The summed E-state index contributed by atoms with van der Waals surface area (Å²) >= 11 is 7.10. The van der Waals surface area contributed by atoms with Crippen LogP contribution in [0, 0.1) is 0 Å². The van der Waals surface area contributed by atoms with Gasteiger partial charge in [-0.2, -0.15) is 13.2 Å². The van der Waals surface area contributed by atoms with Crippen molar-refractivity contribution < 1.29 is 32.2 Å². The largest absolute Gasteiger partial charge is 0.457 e. The summed E-state index contributed by atoms with van der Waals surface area (Å²) in [6, 6.07) is 18.5. The normalized spacial score (nSPS) is 19.6. The molecule has 0 radical (unpaired) electrons. The molecule has 42 heavy (non-hydrogen) atoms. The van der Waals surface area contributed by atoms with E-state index in [2.05, 4.69) is 10.2 Å². The van der Waals surface area contributed by atoms with Gasteiger partial charge in [0, 0.05) is 43.3 Å². The van der Waals surface area contributed by atoms with Crippen molar-refractivity contribution in [2.75, 3.05) is 44.3 Å². The van der Waals surface area contributed by atoms with Gasteiger partial charge in [-0.1, -0.05) is 23.7 Å². The molecule has 2 aliphatic heterocycles. The third-order valence-electron chi connectivity index (χ3n) is 6.93. The highest BCUT2D eigenvalue weighted by Gasteiger charge is 2.43. The fourth-order valence-corrected chi connectivity index (χ4v) is 6.34. The first-order chi connectivity index (χ1) is 20.2. The average Bonchev–Trinajstić information content (AvgIpc) is 3.30. The van der Waals surface area contributed by atoms with Crippen LogP contribution in [-0.4, -0.2) is 61.4 Å². The second kappa shape index (κ2) is 13.4. The van der Waals surface area contributed by atoms with Gasteiger partial charge >= 0.3 is 6.18 Å². The fraction of sp³-hybridized carbons (Fsp3) is 0.333. The standard InChI is InChI=1S/C30H29ClF3N3O4S/c31-22-4-8-24(9-5-22)41-25-10-6-23(7-11-25)37-28(39)26(19-27(38)35-12-13-36-14-16-40-17-15-36)42-29(37)20-2-1-3-21(18-20)30(32,33)34/h1-11,18,26,29H,12-17,19H2,(H,35,38). The Morgan fingerprint density at radius 3 is 2.36 bits per heavy atom. The van der Waals surface area contributed by atoms with Crippen LogP contribution in [0.15, 0.2) is 72.8 Å². The maximum Gasteiger partial charge on any atom is 0.416 e. The van der Waals surface area contributed by atoms with Crippen molar-refractivity contribution in [1.29, 1.82) is 0 Å². The lowest BCUT2D eigenvalue weighted by Gasteiger charge is -2.26. The molecule has 3 aromatic carbocycles. The Labute approximate surface area is 250 Å². The molecular weight excluding hydrogens is 591 g/mol. The lowest BCUT2D eigenvalue weighted by atomic mass is 10.1. The van der Waals surface area contributed by atoms with Crippen molar-refractivity contribution in [2.45, 2.75) is 23.2 Å². The highest BCUT2D eigenvalue weighted by atomic mass is 35.5. The lowest BCUT2D eigenvalue weighted by molar-refractivity contribution is -0.137. The Hall–Kier alpha value is -3.25. The Bertz CT molecular complexity index is 1390. The number of alkyl halides is 3. The van der Waals surface area contributed by atoms with Gasteiger partial charge in [0.25, 0.3) is 0 Å². The number of nitrogens with one attached hydrogen (secondary N) is 1. The van der Waals surface area contributed by atoms with Crippen LogP contribution < -0.4 is 15.0 Å². The number of morpholine rings is 1. The van der Waals surface area contributed by atoms with Crippen LogP contribution in [0.25, 0.3) is 0 Å². The van der Waals surface area contributed by atoms with Crippen molar-refractivity contribution >= 4 is 40.9 Å². The van der Waals surface area contributed by atoms with E-state index in [-0.39, 0.29) is 18.2 Å². The van der Waals surface area contributed by atoms with Crippen LogP contribution in [-0.2, 0) is 20.5 Å². The lowest BCUT2D eigenvalue weighted by Crippen LogP contribution is -2.42. The van der Waals surface area contributed by atoms with Gasteiger partial charge in [-0.15, -0.1) is 11.8 Å². The van der Waals surface area contributed by atoms with Gasteiger partial charge in [0.1, 0.15) is 16.9 Å². The van der Waals surface area contributed by atoms with E-state index < -0.39 is 22.4 Å². The van der Waals surface area contributed by atoms with Crippen molar-refractivity contribution in [2.24, 2.45) is 0 Å². The summed E-state index contributed by atoms with van der Waals surface area (Å²) in [4.78, 5) is 30.1. The number of rotatable bonds is 9. The summed E-state index contributed by atoms with van der Waals surface area (Å²) in [6.07, 6.45) is -4.62. The minimum Gasteiger partial charge on any atom is -0.457 e. The van der Waals surface area contributed by atoms with E-state index in [4.69, 9.17) is 21.1 Å². The van der Waals surface area contributed by atoms with Crippen LogP contribution in [0.1, 0.15) is 22.9 Å². The minimum absolute atomic E-state index is 0.0870. The molecule has 2 heterocycles. The zero-order valence-electron chi connectivity index (χ0n) is 22.5. The molecule has 2 amide bonds. The molecule has 0 spiro atoms. The second-order valence-electron chi connectivity index (χ2n) is 9.87. The van der Waals surface area contributed by atoms with E-state index in [1.165, 1.54) is 22.7 Å². The molecule has 2 unspecified atom stereocenters. The zero-order valence-corrected chi connectivity index (χ0v) is 24.1. The van der Waals surface area contributed by atoms with E-state index >= 15 is 0 Å². The summed E-state index contributed by atoms with van der Waals surface area (Å²) in [7, 11) is 0. The second-order valence-corrected chi connectivity index (χ2v) is 11.6. The maximum atomic E-state index is 13.7. The fourth-order valence-electron chi connectivity index (χ4n) is 4.77. The topological polar surface area (TPSA) is 71.1 Å². The van der Waals surface area contributed by atoms with Gasteiger partial charge in [0.15, 0.2) is 0 Å². The predicted octanol–water partition coefficient (Wildman–Crippen LogP) is 6.14. The van der Waals surface area contributed by atoms with Crippen LogP contribution in [0.5, 0.6) is 11.5 Å². The summed E-state index contributed by atoms with van der Waals surface area (Å²) < 4.78 is 51.8. The number of halogens is 4. The Morgan fingerprint density at radius 1 is 1.02 bits per heavy atom. The molecule has 2 fully saturated rings. The van der Waals surface area contributed by atoms with Gasteiger partial charge in [-0.25, -0.2) is 0 Å². The number of ether oxygens (including phenoxy) is 2. The predicted molar refractivity (Wildman–Crippen MR) is 156 cm³/mol. The first-order valence-corrected chi connectivity index (χ1v) is 14.8. The molecule has 0 aliphatic carbocycles.